The number of carbonyl (C=O) groups excluding carboxylic acids is 2. The maximum absolute atomic E-state index is 12.3. The lowest BCUT2D eigenvalue weighted by molar-refractivity contribution is -0.209. The lowest BCUT2D eigenvalue weighted by Crippen LogP contribution is -2.64. The van der Waals surface area contributed by atoms with Crippen molar-refractivity contribution >= 4 is 11.9 Å². The van der Waals surface area contributed by atoms with Crippen molar-refractivity contribution in [2.75, 3.05) is 20.7 Å². The van der Waals surface area contributed by atoms with Crippen LogP contribution >= 0.6 is 0 Å². The first kappa shape index (κ1) is 16.5. The Balaban J connectivity index is 2.23. The van der Waals surface area contributed by atoms with Crippen LogP contribution in [0.3, 0.4) is 0 Å². The van der Waals surface area contributed by atoms with Gasteiger partial charge in [-0.2, -0.15) is 0 Å². The van der Waals surface area contributed by atoms with Crippen molar-refractivity contribution in [2.24, 2.45) is 0 Å². The summed E-state index contributed by atoms with van der Waals surface area (Å²) in [4.78, 5) is 27.2. The molecule has 0 N–H and O–H groups in total. The molecule has 1 fully saturated rings. The Bertz CT molecular complexity index is 532. The summed E-state index contributed by atoms with van der Waals surface area (Å²) in [5.74, 6) is -0.334. The largest absolute Gasteiger partial charge is 0.353 e. The molecule has 0 radical (unpaired) electrons. The van der Waals surface area contributed by atoms with Gasteiger partial charge in [0.1, 0.15) is 6.04 Å². The predicted molar refractivity (Wildman–Crippen MR) is 81.1 cm³/mol. The smallest absolute Gasteiger partial charge is 0.326 e. The minimum absolute atomic E-state index is 0.334. The van der Waals surface area contributed by atoms with Crippen molar-refractivity contribution in [1.29, 1.82) is 0 Å². The Morgan fingerprint density at radius 1 is 1.32 bits per heavy atom. The highest BCUT2D eigenvalue weighted by molar-refractivity contribution is 6.02. The second kappa shape index (κ2) is 6.89. The first-order chi connectivity index (χ1) is 10.5. The third-order valence-electron chi connectivity index (χ3n) is 3.52. The summed E-state index contributed by atoms with van der Waals surface area (Å²) in [5.41, 5.74) is 0.867. The molecule has 120 valence electrons. The van der Waals surface area contributed by atoms with Gasteiger partial charge in [0.15, 0.2) is 12.4 Å². The monoisotopic (exact) mass is 306 g/mol. The Morgan fingerprint density at radius 2 is 1.95 bits per heavy atom. The van der Waals surface area contributed by atoms with E-state index in [0.29, 0.717) is 6.61 Å². The van der Waals surface area contributed by atoms with Crippen LogP contribution in [0, 0.1) is 0 Å². The number of hydrogen-bond acceptors (Lipinski definition) is 4. The van der Waals surface area contributed by atoms with E-state index in [4.69, 9.17) is 9.47 Å². The van der Waals surface area contributed by atoms with Crippen molar-refractivity contribution in [3.8, 4) is 0 Å². The number of amides is 3. The van der Waals surface area contributed by atoms with Crippen LogP contribution in [0.1, 0.15) is 25.5 Å². The highest BCUT2D eigenvalue weighted by Gasteiger charge is 2.53. The quantitative estimate of drug-likeness (QED) is 0.617. The number of imide groups is 1. The molecular formula is C16H22N2O4. The molecule has 1 saturated heterocycles. The van der Waals surface area contributed by atoms with E-state index in [9.17, 15) is 9.59 Å². The van der Waals surface area contributed by atoms with E-state index in [1.807, 2.05) is 37.3 Å². The molecule has 6 heteroatoms. The van der Waals surface area contributed by atoms with Gasteiger partial charge in [0, 0.05) is 20.7 Å². The van der Waals surface area contributed by atoms with Crippen molar-refractivity contribution < 1.29 is 19.1 Å². The molecule has 0 aliphatic carbocycles. The van der Waals surface area contributed by atoms with Crippen molar-refractivity contribution in [1.82, 2.24) is 9.80 Å². The summed E-state index contributed by atoms with van der Waals surface area (Å²) in [6.45, 7) is 4.10. The Hall–Kier alpha value is -1.92. The maximum Gasteiger partial charge on any atom is 0.326 e. The minimum atomic E-state index is -0.701. The van der Waals surface area contributed by atoms with Crippen LogP contribution in [0.4, 0.5) is 4.79 Å². The number of β-lactam (4-membered cyclic amide) rings is 1. The van der Waals surface area contributed by atoms with Gasteiger partial charge in [-0.25, -0.2) is 4.79 Å². The van der Waals surface area contributed by atoms with Crippen LogP contribution in [0.15, 0.2) is 30.3 Å². The number of rotatable bonds is 5. The van der Waals surface area contributed by atoms with E-state index >= 15 is 0 Å². The molecule has 1 aromatic carbocycles. The molecule has 1 aromatic rings. The average molecular weight is 306 g/mol. The highest BCUT2D eigenvalue weighted by Crippen LogP contribution is 2.38. The topological polar surface area (TPSA) is 59.1 Å². The van der Waals surface area contributed by atoms with Gasteiger partial charge >= 0.3 is 6.03 Å². The molecule has 2 rings (SSSR count). The number of likely N-dealkylation sites (tertiary alicyclic amines) is 1. The highest BCUT2D eigenvalue weighted by atomic mass is 16.7. The first-order valence-corrected chi connectivity index (χ1v) is 7.33. The summed E-state index contributed by atoms with van der Waals surface area (Å²) < 4.78 is 11.0. The lowest BCUT2D eigenvalue weighted by atomic mass is 9.91. The van der Waals surface area contributed by atoms with Crippen LogP contribution in [0.25, 0.3) is 0 Å². The number of benzene rings is 1. The SMILES string of the molecule is CCOC(C)O[C@H]1C(=O)N(C(=O)N(C)C)[C@H]1c1ccccc1. The van der Waals surface area contributed by atoms with Gasteiger partial charge in [-0.1, -0.05) is 30.3 Å². The van der Waals surface area contributed by atoms with Crippen LogP contribution in [0.5, 0.6) is 0 Å². The third-order valence-corrected chi connectivity index (χ3v) is 3.52. The van der Waals surface area contributed by atoms with E-state index < -0.39 is 18.4 Å². The summed E-state index contributed by atoms with van der Waals surface area (Å²) in [7, 11) is 3.24. The van der Waals surface area contributed by atoms with Gasteiger partial charge < -0.3 is 14.4 Å². The standard InChI is InChI=1S/C16H22N2O4/c1-5-21-11(2)22-14-13(12-9-7-6-8-10-12)18(15(14)19)16(20)17(3)4/h6-11,13-14H,5H2,1-4H3/t11?,13-,14+/m0/s1. The number of ether oxygens (including phenoxy) is 2. The minimum Gasteiger partial charge on any atom is -0.353 e. The van der Waals surface area contributed by atoms with Crippen molar-refractivity contribution in [2.45, 2.75) is 32.3 Å². The Morgan fingerprint density at radius 3 is 2.50 bits per heavy atom. The normalized spacial score (nSPS) is 22.2. The molecule has 0 spiro atoms. The van der Waals surface area contributed by atoms with E-state index in [-0.39, 0.29) is 11.9 Å². The van der Waals surface area contributed by atoms with E-state index in [0.717, 1.165) is 5.56 Å². The molecule has 3 amide bonds. The average Bonchev–Trinajstić information content (AvgIpc) is 2.50. The third kappa shape index (κ3) is 3.13. The van der Waals surface area contributed by atoms with E-state index in [1.165, 1.54) is 9.80 Å². The zero-order valence-electron chi connectivity index (χ0n) is 13.4. The summed E-state index contributed by atoms with van der Waals surface area (Å²) in [5, 5.41) is 0. The van der Waals surface area contributed by atoms with Gasteiger partial charge in [-0.15, -0.1) is 0 Å². The number of urea groups is 1. The molecule has 1 heterocycles. The second-order valence-corrected chi connectivity index (χ2v) is 5.32. The fourth-order valence-corrected chi connectivity index (χ4v) is 2.48. The van der Waals surface area contributed by atoms with Gasteiger partial charge in [-0.05, 0) is 19.4 Å². The number of hydrogen-bond donors (Lipinski definition) is 0. The van der Waals surface area contributed by atoms with Gasteiger partial charge in [-0.3, -0.25) is 9.69 Å². The van der Waals surface area contributed by atoms with Crippen LogP contribution < -0.4 is 0 Å². The molecule has 6 nitrogen and oxygen atoms in total. The predicted octanol–water partition coefficient (Wildman–Crippen LogP) is 2.02. The number of carbonyl (C=O) groups is 2. The Kier molecular flexibility index (Phi) is 5.15. The van der Waals surface area contributed by atoms with Gasteiger partial charge in [0.2, 0.25) is 0 Å². The summed E-state index contributed by atoms with van der Waals surface area (Å²) >= 11 is 0. The Labute approximate surface area is 130 Å². The van der Waals surface area contributed by atoms with Crippen molar-refractivity contribution in [3.05, 3.63) is 35.9 Å². The number of nitrogens with zero attached hydrogens (tertiary/aromatic N) is 2. The zero-order chi connectivity index (χ0) is 16.3. The first-order valence-electron chi connectivity index (χ1n) is 7.33. The molecule has 3 atom stereocenters. The van der Waals surface area contributed by atoms with Crippen LogP contribution in [0.2, 0.25) is 0 Å². The molecule has 1 unspecified atom stereocenters. The fourth-order valence-electron chi connectivity index (χ4n) is 2.48. The zero-order valence-corrected chi connectivity index (χ0v) is 13.4. The van der Waals surface area contributed by atoms with Gasteiger partial charge in [0.05, 0.1) is 0 Å². The molecule has 0 aromatic heterocycles. The van der Waals surface area contributed by atoms with Crippen molar-refractivity contribution in [3.63, 3.8) is 0 Å². The molecule has 22 heavy (non-hydrogen) atoms. The van der Waals surface area contributed by atoms with E-state index in [2.05, 4.69) is 0 Å². The molecule has 0 saturated carbocycles. The summed E-state index contributed by atoms with van der Waals surface area (Å²) in [6, 6.07) is 8.64. The second-order valence-electron chi connectivity index (χ2n) is 5.32. The molecule has 1 aliphatic heterocycles. The van der Waals surface area contributed by atoms with Crippen LogP contribution in [-0.4, -0.2) is 54.8 Å². The molecule has 1 aliphatic rings. The van der Waals surface area contributed by atoms with Gasteiger partial charge in [0.25, 0.3) is 5.91 Å². The molecular weight excluding hydrogens is 284 g/mol. The molecule has 0 bridgehead atoms. The van der Waals surface area contributed by atoms with E-state index in [1.54, 1.807) is 21.0 Å². The fraction of sp³-hybridized carbons (Fsp3) is 0.500. The van der Waals surface area contributed by atoms with Crippen LogP contribution in [-0.2, 0) is 14.3 Å². The lowest BCUT2D eigenvalue weighted by Gasteiger charge is -2.46. The maximum atomic E-state index is 12.3. The summed E-state index contributed by atoms with van der Waals surface area (Å²) in [6.07, 6.45) is -1.20.